The van der Waals surface area contributed by atoms with Crippen LogP contribution in [0, 0.1) is 0 Å². The first-order valence-corrected chi connectivity index (χ1v) is 6.78. The van der Waals surface area contributed by atoms with E-state index in [1.54, 1.807) is 5.38 Å². The van der Waals surface area contributed by atoms with Gasteiger partial charge in [0.2, 0.25) is 5.91 Å². The molecule has 1 unspecified atom stereocenters. The molecule has 100 valence electrons. The highest BCUT2D eigenvalue weighted by Crippen LogP contribution is 2.11. The Labute approximate surface area is 110 Å². The van der Waals surface area contributed by atoms with E-state index in [0.29, 0.717) is 11.7 Å². The zero-order valence-electron chi connectivity index (χ0n) is 10.4. The summed E-state index contributed by atoms with van der Waals surface area (Å²) in [6.45, 7) is 3.06. The minimum Gasteiger partial charge on any atom is -0.375 e. The van der Waals surface area contributed by atoms with Crippen molar-refractivity contribution in [1.29, 1.82) is 0 Å². The van der Waals surface area contributed by atoms with E-state index in [2.05, 4.69) is 22.2 Å². The molecule has 3 N–H and O–H groups in total. The summed E-state index contributed by atoms with van der Waals surface area (Å²) in [5.74, 6) is -0.0443. The molecule has 2 heterocycles. The maximum Gasteiger partial charge on any atom is 0.226 e. The predicted molar refractivity (Wildman–Crippen MR) is 70.5 cm³/mol. The van der Waals surface area contributed by atoms with Crippen LogP contribution in [0.5, 0.6) is 0 Å². The molecule has 2 rings (SSSR count). The van der Waals surface area contributed by atoms with Gasteiger partial charge in [0.05, 0.1) is 24.8 Å². The highest BCUT2D eigenvalue weighted by molar-refractivity contribution is 7.13. The molecule has 0 aliphatic carbocycles. The number of nitrogens with one attached hydrogen (secondary N) is 1. The van der Waals surface area contributed by atoms with Gasteiger partial charge in [-0.3, -0.25) is 4.79 Å². The molecule has 6 nitrogen and oxygen atoms in total. The van der Waals surface area contributed by atoms with Gasteiger partial charge in [0, 0.05) is 25.0 Å². The SMILES string of the molecule is CN1CCOC(CNC(=O)Cc2csc(N)n2)C1. The van der Waals surface area contributed by atoms with Crippen molar-refractivity contribution in [2.24, 2.45) is 0 Å². The van der Waals surface area contributed by atoms with Crippen LogP contribution >= 0.6 is 11.3 Å². The Balaban J connectivity index is 1.71. The van der Waals surface area contributed by atoms with Crippen molar-refractivity contribution in [3.05, 3.63) is 11.1 Å². The molecule has 1 aromatic rings. The van der Waals surface area contributed by atoms with E-state index in [9.17, 15) is 4.79 Å². The highest BCUT2D eigenvalue weighted by Gasteiger charge is 2.18. The lowest BCUT2D eigenvalue weighted by atomic mass is 10.2. The van der Waals surface area contributed by atoms with Crippen LogP contribution in [0.1, 0.15) is 5.69 Å². The zero-order chi connectivity index (χ0) is 13.0. The Hall–Kier alpha value is -1.18. The van der Waals surface area contributed by atoms with E-state index in [4.69, 9.17) is 10.5 Å². The maximum atomic E-state index is 11.7. The van der Waals surface area contributed by atoms with Gasteiger partial charge in [0.1, 0.15) is 0 Å². The Bertz CT molecular complexity index is 410. The van der Waals surface area contributed by atoms with Gasteiger partial charge in [0.25, 0.3) is 0 Å². The molecule has 18 heavy (non-hydrogen) atoms. The lowest BCUT2D eigenvalue weighted by molar-refractivity contribution is -0.121. The van der Waals surface area contributed by atoms with Crippen LogP contribution in [0.2, 0.25) is 0 Å². The third-order valence-corrected chi connectivity index (χ3v) is 3.50. The predicted octanol–water partition coefficient (Wildman–Crippen LogP) is -0.285. The topological polar surface area (TPSA) is 80.5 Å². The van der Waals surface area contributed by atoms with Crippen molar-refractivity contribution in [1.82, 2.24) is 15.2 Å². The fourth-order valence-corrected chi connectivity index (χ4v) is 2.41. The van der Waals surface area contributed by atoms with Gasteiger partial charge in [-0.2, -0.15) is 0 Å². The van der Waals surface area contributed by atoms with Crippen LogP contribution in [-0.4, -0.2) is 55.2 Å². The van der Waals surface area contributed by atoms with Crippen LogP contribution < -0.4 is 11.1 Å². The Morgan fingerprint density at radius 3 is 3.28 bits per heavy atom. The summed E-state index contributed by atoms with van der Waals surface area (Å²) in [4.78, 5) is 17.9. The number of carbonyl (C=O) groups excluding carboxylic acids is 1. The normalized spacial score (nSPS) is 20.8. The molecule has 1 aliphatic heterocycles. The number of carbonyl (C=O) groups is 1. The number of nitrogen functional groups attached to an aromatic ring is 1. The van der Waals surface area contributed by atoms with E-state index in [1.807, 2.05) is 0 Å². The zero-order valence-corrected chi connectivity index (χ0v) is 11.2. The number of morpholine rings is 1. The number of hydrogen-bond donors (Lipinski definition) is 2. The Morgan fingerprint density at radius 1 is 1.78 bits per heavy atom. The summed E-state index contributed by atoms with van der Waals surface area (Å²) in [5, 5.41) is 5.16. The number of nitrogens with two attached hydrogens (primary N) is 1. The van der Waals surface area contributed by atoms with Crippen molar-refractivity contribution >= 4 is 22.4 Å². The van der Waals surface area contributed by atoms with E-state index >= 15 is 0 Å². The molecule has 1 fully saturated rings. The molecule has 7 heteroatoms. The molecule has 1 saturated heterocycles. The summed E-state index contributed by atoms with van der Waals surface area (Å²) in [6, 6.07) is 0. The molecule has 0 spiro atoms. The van der Waals surface area contributed by atoms with Crippen LogP contribution in [0.3, 0.4) is 0 Å². The number of anilines is 1. The smallest absolute Gasteiger partial charge is 0.226 e. The van der Waals surface area contributed by atoms with E-state index in [-0.39, 0.29) is 18.4 Å². The summed E-state index contributed by atoms with van der Waals surface area (Å²) < 4.78 is 5.56. The first kappa shape index (κ1) is 13.3. The maximum absolute atomic E-state index is 11.7. The van der Waals surface area contributed by atoms with Crippen LogP contribution in [0.15, 0.2) is 5.38 Å². The summed E-state index contributed by atoms with van der Waals surface area (Å²) in [7, 11) is 2.05. The van der Waals surface area contributed by atoms with Gasteiger partial charge in [0.15, 0.2) is 5.13 Å². The van der Waals surface area contributed by atoms with E-state index in [1.165, 1.54) is 11.3 Å². The van der Waals surface area contributed by atoms with Crippen LogP contribution in [0.4, 0.5) is 5.13 Å². The van der Waals surface area contributed by atoms with Crippen molar-refractivity contribution in [3.8, 4) is 0 Å². The largest absolute Gasteiger partial charge is 0.375 e. The quantitative estimate of drug-likeness (QED) is 0.786. The Morgan fingerprint density at radius 2 is 2.61 bits per heavy atom. The number of ether oxygens (including phenoxy) is 1. The highest BCUT2D eigenvalue weighted by atomic mass is 32.1. The fraction of sp³-hybridized carbons (Fsp3) is 0.636. The summed E-state index contributed by atoms with van der Waals surface area (Å²) in [5.41, 5.74) is 6.23. The molecule has 1 aromatic heterocycles. The van der Waals surface area contributed by atoms with Crippen molar-refractivity contribution in [2.45, 2.75) is 12.5 Å². The number of amides is 1. The minimum absolute atomic E-state index is 0.0443. The number of thiazole rings is 1. The van der Waals surface area contributed by atoms with Gasteiger partial charge < -0.3 is 20.7 Å². The first-order chi connectivity index (χ1) is 8.63. The van der Waals surface area contributed by atoms with E-state index in [0.717, 1.165) is 25.4 Å². The number of nitrogens with zero attached hydrogens (tertiary/aromatic N) is 2. The fourth-order valence-electron chi connectivity index (χ4n) is 1.85. The lowest BCUT2D eigenvalue weighted by Crippen LogP contribution is -2.46. The second-order valence-electron chi connectivity index (χ2n) is 4.41. The average molecular weight is 270 g/mol. The molecule has 0 radical (unpaired) electrons. The van der Waals surface area contributed by atoms with Gasteiger partial charge >= 0.3 is 0 Å². The second kappa shape index (κ2) is 6.12. The molecule has 1 amide bonds. The first-order valence-electron chi connectivity index (χ1n) is 5.90. The Kier molecular flexibility index (Phi) is 4.51. The summed E-state index contributed by atoms with van der Waals surface area (Å²) >= 11 is 1.35. The second-order valence-corrected chi connectivity index (χ2v) is 5.30. The van der Waals surface area contributed by atoms with Gasteiger partial charge in [-0.25, -0.2) is 4.98 Å². The molecule has 1 atom stereocenters. The standard InChI is InChI=1S/C11H18N4O2S/c1-15-2-3-17-9(6-15)5-13-10(16)4-8-7-18-11(12)14-8/h7,9H,2-6H2,1H3,(H2,12,14)(H,13,16). The van der Waals surface area contributed by atoms with Crippen molar-refractivity contribution in [3.63, 3.8) is 0 Å². The number of rotatable bonds is 4. The van der Waals surface area contributed by atoms with Crippen molar-refractivity contribution < 1.29 is 9.53 Å². The molecular weight excluding hydrogens is 252 g/mol. The number of aromatic nitrogens is 1. The molecule has 0 bridgehead atoms. The van der Waals surface area contributed by atoms with E-state index < -0.39 is 0 Å². The number of likely N-dealkylation sites (N-methyl/N-ethyl adjacent to an activating group) is 1. The van der Waals surface area contributed by atoms with Crippen LogP contribution in [0.25, 0.3) is 0 Å². The molecular formula is C11H18N4O2S. The van der Waals surface area contributed by atoms with Crippen LogP contribution in [-0.2, 0) is 16.0 Å². The van der Waals surface area contributed by atoms with Crippen molar-refractivity contribution in [2.75, 3.05) is 39.0 Å². The molecule has 0 aromatic carbocycles. The third-order valence-electron chi connectivity index (χ3n) is 2.78. The molecule has 1 aliphatic rings. The van der Waals surface area contributed by atoms with Gasteiger partial charge in [-0.05, 0) is 7.05 Å². The van der Waals surface area contributed by atoms with Gasteiger partial charge in [-0.1, -0.05) is 0 Å². The molecule has 0 saturated carbocycles. The monoisotopic (exact) mass is 270 g/mol. The number of hydrogen-bond acceptors (Lipinski definition) is 6. The lowest BCUT2D eigenvalue weighted by Gasteiger charge is -2.30. The average Bonchev–Trinajstić information content (AvgIpc) is 2.72. The minimum atomic E-state index is -0.0443. The summed E-state index contributed by atoms with van der Waals surface area (Å²) in [6.07, 6.45) is 0.351. The third kappa shape index (κ3) is 3.94. The van der Waals surface area contributed by atoms with Gasteiger partial charge in [-0.15, -0.1) is 11.3 Å².